The van der Waals surface area contributed by atoms with E-state index in [9.17, 15) is 0 Å². The molecule has 0 bridgehead atoms. The van der Waals surface area contributed by atoms with E-state index in [4.69, 9.17) is 0 Å². The fraction of sp³-hybridized carbons (Fsp3) is 0.667. The van der Waals surface area contributed by atoms with Crippen LogP contribution in [0.2, 0.25) is 0 Å². The standard InChI is InChI=1S/C18H27N3/c1-2-6-16-12-19-17(11-15(16)5-1)13-20-9-10-21-8-4-3-7-18(21)14-20/h1-2,5-6,17-19H,3-4,7-14H2. The number of rotatable bonds is 2. The number of benzene rings is 1. The van der Waals surface area contributed by atoms with Crippen molar-refractivity contribution in [2.75, 3.05) is 32.7 Å². The van der Waals surface area contributed by atoms with Crippen LogP contribution in [0.3, 0.4) is 0 Å². The Morgan fingerprint density at radius 2 is 1.95 bits per heavy atom. The highest BCUT2D eigenvalue weighted by molar-refractivity contribution is 5.30. The van der Waals surface area contributed by atoms with Crippen molar-refractivity contribution in [3.8, 4) is 0 Å². The third kappa shape index (κ3) is 3.01. The van der Waals surface area contributed by atoms with Crippen LogP contribution >= 0.6 is 0 Å². The van der Waals surface area contributed by atoms with Gasteiger partial charge in [-0.25, -0.2) is 0 Å². The molecule has 2 unspecified atom stereocenters. The molecule has 1 N–H and O–H groups in total. The third-order valence-corrected chi connectivity index (χ3v) is 5.57. The fourth-order valence-electron chi connectivity index (χ4n) is 4.35. The van der Waals surface area contributed by atoms with E-state index in [0.29, 0.717) is 6.04 Å². The number of piperidine rings is 1. The smallest absolute Gasteiger partial charge is 0.0238 e. The van der Waals surface area contributed by atoms with Crippen molar-refractivity contribution in [2.24, 2.45) is 0 Å². The van der Waals surface area contributed by atoms with Gasteiger partial charge in [-0.1, -0.05) is 30.7 Å². The van der Waals surface area contributed by atoms with Gasteiger partial charge in [0.2, 0.25) is 0 Å². The van der Waals surface area contributed by atoms with Gasteiger partial charge in [-0.15, -0.1) is 0 Å². The van der Waals surface area contributed by atoms with Crippen LogP contribution in [0.25, 0.3) is 0 Å². The van der Waals surface area contributed by atoms with E-state index in [0.717, 1.165) is 12.6 Å². The van der Waals surface area contributed by atoms with Crippen LogP contribution in [-0.4, -0.2) is 54.6 Å². The number of piperazine rings is 1. The first kappa shape index (κ1) is 13.7. The molecule has 2 saturated heterocycles. The van der Waals surface area contributed by atoms with Crippen molar-refractivity contribution in [3.05, 3.63) is 35.4 Å². The quantitative estimate of drug-likeness (QED) is 0.895. The Kier molecular flexibility index (Phi) is 3.97. The first-order valence-electron chi connectivity index (χ1n) is 8.65. The van der Waals surface area contributed by atoms with Crippen LogP contribution in [0.4, 0.5) is 0 Å². The highest BCUT2D eigenvalue weighted by atomic mass is 15.3. The Morgan fingerprint density at radius 3 is 2.90 bits per heavy atom. The third-order valence-electron chi connectivity index (χ3n) is 5.57. The molecule has 0 amide bonds. The topological polar surface area (TPSA) is 18.5 Å². The summed E-state index contributed by atoms with van der Waals surface area (Å²) in [6, 6.07) is 10.4. The van der Waals surface area contributed by atoms with Gasteiger partial charge in [0.1, 0.15) is 0 Å². The van der Waals surface area contributed by atoms with Crippen LogP contribution in [0.5, 0.6) is 0 Å². The first-order valence-corrected chi connectivity index (χ1v) is 8.65. The SMILES string of the molecule is c1ccc2c(c1)CNC(CN1CCN3CCCCC3C1)C2. The number of hydrogen-bond donors (Lipinski definition) is 1. The number of fused-ring (bicyclic) bond motifs is 2. The van der Waals surface area contributed by atoms with Gasteiger partial charge in [0, 0.05) is 44.8 Å². The van der Waals surface area contributed by atoms with Gasteiger partial charge >= 0.3 is 0 Å². The predicted octanol–water partition coefficient (Wildman–Crippen LogP) is 1.87. The Labute approximate surface area is 128 Å². The van der Waals surface area contributed by atoms with E-state index in [1.807, 2.05) is 0 Å². The molecular formula is C18H27N3. The van der Waals surface area contributed by atoms with Crippen molar-refractivity contribution in [2.45, 2.75) is 44.3 Å². The van der Waals surface area contributed by atoms with Crippen molar-refractivity contribution in [1.29, 1.82) is 0 Å². The summed E-state index contributed by atoms with van der Waals surface area (Å²) >= 11 is 0. The molecule has 3 nitrogen and oxygen atoms in total. The lowest BCUT2D eigenvalue weighted by molar-refractivity contribution is 0.0443. The minimum atomic E-state index is 0.634. The molecule has 2 fully saturated rings. The minimum Gasteiger partial charge on any atom is -0.308 e. The normalized spacial score (nSPS) is 30.7. The highest BCUT2D eigenvalue weighted by Gasteiger charge is 2.30. The van der Waals surface area contributed by atoms with E-state index >= 15 is 0 Å². The Bertz CT molecular complexity index is 487. The predicted molar refractivity (Wildman–Crippen MR) is 86.4 cm³/mol. The van der Waals surface area contributed by atoms with Crippen LogP contribution < -0.4 is 5.32 Å². The van der Waals surface area contributed by atoms with Crippen LogP contribution in [0.15, 0.2) is 24.3 Å². The summed E-state index contributed by atoms with van der Waals surface area (Å²) in [6.45, 7) is 7.45. The second kappa shape index (κ2) is 6.07. The summed E-state index contributed by atoms with van der Waals surface area (Å²) < 4.78 is 0. The number of nitrogens with zero attached hydrogens (tertiary/aromatic N) is 2. The monoisotopic (exact) mass is 285 g/mol. The molecule has 3 aliphatic rings. The molecule has 2 atom stereocenters. The zero-order valence-electron chi connectivity index (χ0n) is 12.9. The van der Waals surface area contributed by atoms with Gasteiger partial charge < -0.3 is 5.32 Å². The molecule has 0 aromatic heterocycles. The van der Waals surface area contributed by atoms with Gasteiger partial charge in [0.05, 0.1) is 0 Å². The number of nitrogens with one attached hydrogen (secondary N) is 1. The van der Waals surface area contributed by atoms with E-state index < -0.39 is 0 Å². The summed E-state index contributed by atoms with van der Waals surface area (Å²) in [5.74, 6) is 0. The van der Waals surface area contributed by atoms with Gasteiger partial charge in [-0.3, -0.25) is 9.80 Å². The largest absolute Gasteiger partial charge is 0.308 e. The molecule has 21 heavy (non-hydrogen) atoms. The number of hydrogen-bond acceptors (Lipinski definition) is 3. The van der Waals surface area contributed by atoms with Crippen LogP contribution in [0.1, 0.15) is 30.4 Å². The first-order chi connectivity index (χ1) is 10.4. The summed E-state index contributed by atoms with van der Waals surface area (Å²) in [6.07, 6.45) is 5.46. The zero-order chi connectivity index (χ0) is 14.1. The molecule has 4 rings (SSSR count). The van der Waals surface area contributed by atoms with Gasteiger partial charge in [0.25, 0.3) is 0 Å². The molecule has 0 radical (unpaired) electrons. The summed E-state index contributed by atoms with van der Waals surface area (Å²) in [5.41, 5.74) is 3.04. The molecule has 1 aromatic rings. The van der Waals surface area contributed by atoms with E-state index in [-0.39, 0.29) is 0 Å². The maximum Gasteiger partial charge on any atom is 0.0238 e. The van der Waals surface area contributed by atoms with E-state index in [1.54, 1.807) is 5.56 Å². The second-order valence-electron chi connectivity index (χ2n) is 7.00. The maximum atomic E-state index is 3.74. The van der Waals surface area contributed by atoms with Crippen LogP contribution in [0, 0.1) is 0 Å². The average molecular weight is 285 g/mol. The summed E-state index contributed by atoms with van der Waals surface area (Å²) in [7, 11) is 0. The molecule has 3 heteroatoms. The lowest BCUT2D eigenvalue weighted by Gasteiger charge is -2.45. The molecule has 0 spiro atoms. The molecule has 3 heterocycles. The molecule has 3 aliphatic heterocycles. The Balaban J connectivity index is 1.35. The minimum absolute atomic E-state index is 0.634. The lowest BCUT2D eigenvalue weighted by Crippen LogP contribution is -2.57. The molecule has 0 aliphatic carbocycles. The lowest BCUT2D eigenvalue weighted by atomic mass is 9.94. The molecule has 0 saturated carbocycles. The Morgan fingerprint density at radius 1 is 1.05 bits per heavy atom. The summed E-state index contributed by atoms with van der Waals surface area (Å²) in [5, 5.41) is 3.74. The van der Waals surface area contributed by atoms with Crippen molar-refractivity contribution >= 4 is 0 Å². The zero-order valence-corrected chi connectivity index (χ0v) is 12.9. The molecule has 114 valence electrons. The molecular weight excluding hydrogens is 258 g/mol. The summed E-state index contributed by atoms with van der Waals surface area (Å²) in [4.78, 5) is 5.43. The van der Waals surface area contributed by atoms with Crippen molar-refractivity contribution in [3.63, 3.8) is 0 Å². The van der Waals surface area contributed by atoms with E-state index in [1.165, 1.54) is 64.0 Å². The maximum absolute atomic E-state index is 3.74. The highest BCUT2D eigenvalue weighted by Crippen LogP contribution is 2.22. The van der Waals surface area contributed by atoms with E-state index in [2.05, 4.69) is 39.4 Å². The Hall–Kier alpha value is -0.900. The second-order valence-corrected chi connectivity index (χ2v) is 7.00. The van der Waals surface area contributed by atoms with Gasteiger partial charge in [-0.05, 0) is 36.9 Å². The fourth-order valence-corrected chi connectivity index (χ4v) is 4.35. The van der Waals surface area contributed by atoms with Crippen molar-refractivity contribution < 1.29 is 0 Å². The molecule has 1 aromatic carbocycles. The van der Waals surface area contributed by atoms with Gasteiger partial charge in [-0.2, -0.15) is 0 Å². The van der Waals surface area contributed by atoms with Crippen LogP contribution in [-0.2, 0) is 13.0 Å². The van der Waals surface area contributed by atoms with Crippen molar-refractivity contribution in [1.82, 2.24) is 15.1 Å². The average Bonchev–Trinajstić information content (AvgIpc) is 2.55. The van der Waals surface area contributed by atoms with Gasteiger partial charge in [0.15, 0.2) is 0 Å².